The lowest BCUT2D eigenvalue weighted by atomic mass is 9.82. The first-order valence-corrected chi connectivity index (χ1v) is 6.42. The second-order valence-electron chi connectivity index (χ2n) is 5.86. The van der Waals surface area contributed by atoms with Crippen molar-refractivity contribution in [3.05, 3.63) is 11.9 Å². The molecular formula is C13H21F3N4. The van der Waals surface area contributed by atoms with E-state index in [0.717, 1.165) is 0 Å². The molecule has 0 aromatic carbocycles. The lowest BCUT2D eigenvalue weighted by Crippen LogP contribution is -2.25. The predicted octanol–water partition coefficient (Wildman–Crippen LogP) is 3.63. The van der Waals surface area contributed by atoms with Crippen LogP contribution < -0.4 is 10.6 Å². The molecular weight excluding hydrogens is 269 g/mol. The number of halogens is 3. The number of hydrogen-bond donors (Lipinski definition) is 2. The van der Waals surface area contributed by atoms with E-state index < -0.39 is 12.0 Å². The molecule has 2 N–H and O–H groups in total. The molecule has 0 amide bonds. The highest BCUT2D eigenvalue weighted by Gasteiger charge is 2.35. The zero-order valence-corrected chi connectivity index (χ0v) is 12.4. The van der Waals surface area contributed by atoms with Gasteiger partial charge in [0.05, 0.1) is 0 Å². The van der Waals surface area contributed by atoms with Crippen molar-refractivity contribution in [2.45, 2.75) is 33.9 Å². The molecule has 1 unspecified atom stereocenters. The van der Waals surface area contributed by atoms with Gasteiger partial charge >= 0.3 is 6.18 Å². The first-order valence-electron chi connectivity index (χ1n) is 6.42. The van der Waals surface area contributed by atoms with Crippen molar-refractivity contribution < 1.29 is 13.2 Å². The molecule has 20 heavy (non-hydrogen) atoms. The summed E-state index contributed by atoms with van der Waals surface area (Å²) in [5, 5.41) is 5.55. The summed E-state index contributed by atoms with van der Waals surface area (Å²) in [5.74, 6) is -0.550. The van der Waals surface area contributed by atoms with Crippen LogP contribution in [0.3, 0.4) is 0 Å². The van der Waals surface area contributed by atoms with Gasteiger partial charge in [0, 0.05) is 19.7 Å². The van der Waals surface area contributed by atoms with E-state index in [1.54, 1.807) is 0 Å². The van der Waals surface area contributed by atoms with Gasteiger partial charge in [-0.2, -0.15) is 13.2 Å². The van der Waals surface area contributed by atoms with Gasteiger partial charge in [0.15, 0.2) is 0 Å². The number of nitrogens with one attached hydrogen (secondary N) is 2. The number of rotatable bonds is 4. The van der Waals surface area contributed by atoms with E-state index in [9.17, 15) is 13.2 Å². The van der Waals surface area contributed by atoms with Crippen molar-refractivity contribution in [1.82, 2.24) is 9.97 Å². The monoisotopic (exact) mass is 290 g/mol. The third-order valence-electron chi connectivity index (χ3n) is 3.30. The molecule has 114 valence electrons. The van der Waals surface area contributed by atoms with Crippen molar-refractivity contribution in [3.63, 3.8) is 0 Å². The van der Waals surface area contributed by atoms with Crippen LogP contribution in [0.2, 0.25) is 0 Å². The Morgan fingerprint density at radius 1 is 1.15 bits per heavy atom. The van der Waals surface area contributed by atoms with Crippen molar-refractivity contribution in [1.29, 1.82) is 0 Å². The van der Waals surface area contributed by atoms with Gasteiger partial charge in [0.1, 0.15) is 11.6 Å². The number of nitrogens with zero attached hydrogens (tertiary/aromatic N) is 2. The summed E-state index contributed by atoms with van der Waals surface area (Å²) >= 11 is 0. The average molecular weight is 290 g/mol. The Labute approximate surface area is 117 Å². The molecule has 0 aliphatic heterocycles. The van der Waals surface area contributed by atoms with Crippen molar-refractivity contribution in [3.8, 4) is 0 Å². The standard InChI is InChI=1S/C13H21F3N4/c1-8(12(2,3)4)7-18-10-6-9(17-5)19-11(20-10)13(14,15)16/h6,8H,7H2,1-5H3,(H2,17,18,19,20). The molecule has 0 spiro atoms. The van der Waals surface area contributed by atoms with Crippen LogP contribution in [0.4, 0.5) is 24.8 Å². The van der Waals surface area contributed by atoms with E-state index in [1.807, 2.05) is 6.92 Å². The molecule has 1 atom stereocenters. The lowest BCUT2D eigenvalue weighted by Gasteiger charge is -2.27. The molecule has 0 aliphatic carbocycles. The molecule has 4 nitrogen and oxygen atoms in total. The maximum absolute atomic E-state index is 12.7. The van der Waals surface area contributed by atoms with Gasteiger partial charge in [-0.3, -0.25) is 0 Å². The Hall–Kier alpha value is -1.53. The Balaban J connectivity index is 2.90. The van der Waals surface area contributed by atoms with Gasteiger partial charge in [0.2, 0.25) is 5.82 Å². The van der Waals surface area contributed by atoms with Gasteiger partial charge in [-0.15, -0.1) is 0 Å². The fourth-order valence-corrected chi connectivity index (χ4v) is 1.36. The number of aromatic nitrogens is 2. The van der Waals surface area contributed by atoms with Crippen LogP contribution >= 0.6 is 0 Å². The first-order chi connectivity index (χ1) is 9.04. The Morgan fingerprint density at radius 3 is 2.15 bits per heavy atom. The highest BCUT2D eigenvalue weighted by Crippen LogP contribution is 2.29. The van der Waals surface area contributed by atoms with Crippen LogP contribution in [0, 0.1) is 11.3 Å². The molecule has 1 aromatic rings. The van der Waals surface area contributed by atoms with Crippen molar-refractivity contribution in [2.24, 2.45) is 11.3 Å². The van der Waals surface area contributed by atoms with E-state index in [1.165, 1.54) is 13.1 Å². The van der Waals surface area contributed by atoms with Gasteiger partial charge in [-0.1, -0.05) is 27.7 Å². The zero-order valence-electron chi connectivity index (χ0n) is 12.4. The Kier molecular flexibility index (Phi) is 4.83. The van der Waals surface area contributed by atoms with Crippen LogP contribution in [0.1, 0.15) is 33.5 Å². The summed E-state index contributed by atoms with van der Waals surface area (Å²) in [6.07, 6.45) is -4.56. The minimum atomic E-state index is -4.56. The molecule has 1 rings (SSSR count). The normalized spacial score (nSPS) is 14.0. The van der Waals surface area contributed by atoms with Crippen LogP contribution in [0.5, 0.6) is 0 Å². The molecule has 7 heteroatoms. The summed E-state index contributed by atoms with van der Waals surface area (Å²) in [6, 6.07) is 1.46. The lowest BCUT2D eigenvalue weighted by molar-refractivity contribution is -0.144. The quantitative estimate of drug-likeness (QED) is 0.889. The minimum Gasteiger partial charge on any atom is -0.373 e. The summed E-state index contributed by atoms with van der Waals surface area (Å²) < 4.78 is 38.1. The second kappa shape index (κ2) is 5.85. The van der Waals surface area contributed by atoms with Gasteiger partial charge in [-0.25, -0.2) is 9.97 Å². The summed E-state index contributed by atoms with van der Waals surface area (Å²) in [5.41, 5.74) is 0.0682. The second-order valence-corrected chi connectivity index (χ2v) is 5.86. The highest BCUT2D eigenvalue weighted by atomic mass is 19.4. The maximum atomic E-state index is 12.7. The van der Waals surface area contributed by atoms with Crippen LogP contribution in [-0.4, -0.2) is 23.6 Å². The molecule has 0 saturated carbocycles. The maximum Gasteiger partial charge on any atom is 0.451 e. The fourth-order valence-electron chi connectivity index (χ4n) is 1.36. The van der Waals surface area contributed by atoms with Gasteiger partial charge in [-0.05, 0) is 11.3 Å². The topological polar surface area (TPSA) is 49.8 Å². The summed E-state index contributed by atoms with van der Waals surface area (Å²) in [7, 11) is 1.52. The van der Waals surface area contributed by atoms with E-state index >= 15 is 0 Å². The third-order valence-corrected chi connectivity index (χ3v) is 3.30. The molecule has 1 heterocycles. The van der Waals surface area contributed by atoms with Crippen LogP contribution in [0.15, 0.2) is 6.07 Å². The highest BCUT2D eigenvalue weighted by molar-refractivity contribution is 5.47. The largest absolute Gasteiger partial charge is 0.451 e. The number of hydrogen-bond acceptors (Lipinski definition) is 4. The van der Waals surface area contributed by atoms with E-state index in [2.05, 4.69) is 41.4 Å². The van der Waals surface area contributed by atoms with Crippen LogP contribution in [-0.2, 0) is 6.18 Å². The third kappa shape index (κ3) is 4.54. The Bertz CT molecular complexity index is 452. The summed E-state index contributed by atoms with van der Waals surface area (Å²) in [6.45, 7) is 8.83. The zero-order chi connectivity index (χ0) is 15.6. The molecule has 0 bridgehead atoms. The Morgan fingerprint density at radius 2 is 1.70 bits per heavy atom. The molecule has 0 fully saturated rings. The van der Waals surface area contributed by atoms with E-state index in [-0.39, 0.29) is 23.0 Å². The predicted molar refractivity (Wildman–Crippen MR) is 73.7 cm³/mol. The molecule has 1 aromatic heterocycles. The van der Waals surface area contributed by atoms with Crippen LogP contribution in [0.25, 0.3) is 0 Å². The molecule has 0 aliphatic rings. The number of anilines is 2. The molecule has 0 saturated heterocycles. The number of alkyl halides is 3. The summed E-state index contributed by atoms with van der Waals surface area (Å²) in [4.78, 5) is 6.93. The van der Waals surface area contributed by atoms with Gasteiger partial charge in [0.25, 0.3) is 0 Å². The average Bonchev–Trinajstić information content (AvgIpc) is 2.33. The molecule has 0 radical (unpaired) electrons. The van der Waals surface area contributed by atoms with E-state index in [4.69, 9.17) is 0 Å². The fraction of sp³-hybridized carbons (Fsp3) is 0.692. The smallest absolute Gasteiger partial charge is 0.373 e. The minimum absolute atomic E-state index is 0.0682. The van der Waals surface area contributed by atoms with Crippen molar-refractivity contribution >= 4 is 11.6 Å². The SMILES string of the molecule is CNc1cc(NCC(C)C(C)(C)C)nc(C(F)(F)F)n1. The first kappa shape index (κ1) is 16.5. The van der Waals surface area contributed by atoms with Gasteiger partial charge < -0.3 is 10.6 Å². The van der Waals surface area contributed by atoms with Crippen molar-refractivity contribution in [2.75, 3.05) is 24.2 Å². The van der Waals surface area contributed by atoms with E-state index in [0.29, 0.717) is 6.54 Å².